The summed E-state index contributed by atoms with van der Waals surface area (Å²) in [6.45, 7) is 8.02. The Morgan fingerprint density at radius 3 is 2.48 bits per heavy atom. The molecule has 0 N–H and O–H groups in total. The van der Waals surface area contributed by atoms with Gasteiger partial charge >= 0.3 is 6.09 Å². The Labute approximate surface area is 157 Å². The normalized spacial score (nSPS) is 22.1. The van der Waals surface area contributed by atoms with E-state index in [2.05, 4.69) is 10.2 Å². The van der Waals surface area contributed by atoms with Crippen molar-refractivity contribution in [3.63, 3.8) is 0 Å². The van der Waals surface area contributed by atoms with E-state index >= 15 is 0 Å². The molecule has 0 aliphatic carbocycles. The van der Waals surface area contributed by atoms with E-state index in [-0.39, 0.29) is 0 Å². The molecule has 3 rings (SSSR count). The summed E-state index contributed by atoms with van der Waals surface area (Å²) in [4.78, 5) is 14.0. The maximum atomic E-state index is 14.0. The molecule has 146 valence electrons. The summed E-state index contributed by atoms with van der Waals surface area (Å²) in [5.74, 6) is 0.395. The maximum absolute atomic E-state index is 14.0. The summed E-state index contributed by atoms with van der Waals surface area (Å²) in [5, 5.41) is 7.51. The first-order valence-corrected chi connectivity index (χ1v) is 8.75. The van der Waals surface area contributed by atoms with Crippen LogP contribution in [0.2, 0.25) is 0 Å². The molecule has 2 heterocycles. The number of aromatic nitrogens is 2. The molecule has 2 aromatic rings. The monoisotopic (exact) mass is 377 g/mol. The Kier molecular flexibility index (Phi) is 4.94. The zero-order chi connectivity index (χ0) is 19.8. The van der Waals surface area contributed by atoms with E-state index in [9.17, 15) is 9.18 Å². The molecule has 1 aromatic carbocycles. The Hall–Kier alpha value is -2.48. The van der Waals surface area contributed by atoms with Crippen LogP contribution >= 0.6 is 0 Å². The van der Waals surface area contributed by atoms with E-state index in [0.717, 1.165) is 11.1 Å². The molecule has 1 saturated heterocycles. The van der Waals surface area contributed by atoms with Crippen molar-refractivity contribution in [2.45, 2.75) is 58.1 Å². The minimum absolute atomic E-state index is 0.395. The first-order chi connectivity index (χ1) is 12.6. The molecule has 0 saturated carbocycles. The highest BCUT2D eigenvalue weighted by Crippen LogP contribution is 2.42. The van der Waals surface area contributed by atoms with Crippen molar-refractivity contribution in [3.05, 3.63) is 36.2 Å². The van der Waals surface area contributed by atoms with Crippen molar-refractivity contribution >= 4 is 6.09 Å². The average Bonchev–Trinajstić information content (AvgIpc) is 3.18. The van der Waals surface area contributed by atoms with Crippen molar-refractivity contribution in [2.24, 2.45) is 0 Å². The molecule has 0 spiro atoms. The molecule has 27 heavy (non-hydrogen) atoms. The van der Waals surface area contributed by atoms with Crippen molar-refractivity contribution < 1.29 is 23.1 Å². The predicted molar refractivity (Wildman–Crippen MR) is 95.5 cm³/mol. The Morgan fingerprint density at radius 1 is 1.30 bits per heavy atom. The molecule has 1 aliphatic heterocycles. The molecule has 1 amide bonds. The largest absolute Gasteiger partial charge is 0.444 e. The SMILES string of the molecule is CC(C)(C)OC(=O)N1C(CF)C(c2ccc(-c3nnco3)cc2)OC1(C)C. The van der Waals surface area contributed by atoms with Gasteiger partial charge in [0.1, 0.15) is 24.1 Å². The lowest BCUT2D eigenvalue weighted by molar-refractivity contribution is -0.0797. The number of hydrogen-bond acceptors (Lipinski definition) is 6. The second-order valence-corrected chi connectivity index (χ2v) is 7.92. The average molecular weight is 377 g/mol. The van der Waals surface area contributed by atoms with Gasteiger partial charge in [0.25, 0.3) is 0 Å². The van der Waals surface area contributed by atoms with Crippen LogP contribution in [0.1, 0.15) is 46.3 Å². The molecular formula is C19H24FN3O4. The summed E-state index contributed by atoms with van der Waals surface area (Å²) >= 11 is 0. The number of hydrogen-bond donors (Lipinski definition) is 0. The Morgan fingerprint density at radius 2 is 1.96 bits per heavy atom. The minimum Gasteiger partial charge on any atom is -0.444 e. The Bertz CT molecular complexity index is 784. The number of amides is 1. The fraction of sp³-hybridized carbons (Fsp3) is 0.526. The van der Waals surface area contributed by atoms with Crippen molar-refractivity contribution in [1.82, 2.24) is 15.1 Å². The number of carbonyl (C=O) groups is 1. The molecular weight excluding hydrogens is 353 g/mol. The number of rotatable bonds is 3. The van der Waals surface area contributed by atoms with E-state index < -0.39 is 36.2 Å². The van der Waals surface area contributed by atoms with E-state index in [1.165, 1.54) is 11.3 Å². The van der Waals surface area contributed by atoms with Gasteiger partial charge in [-0.2, -0.15) is 0 Å². The molecule has 8 heteroatoms. The number of halogens is 1. The van der Waals surface area contributed by atoms with Gasteiger partial charge in [-0.05, 0) is 52.3 Å². The first-order valence-electron chi connectivity index (χ1n) is 8.75. The van der Waals surface area contributed by atoms with Crippen LogP contribution in [0.3, 0.4) is 0 Å². The number of ether oxygens (including phenoxy) is 2. The third kappa shape index (κ3) is 3.95. The van der Waals surface area contributed by atoms with Gasteiger partial charge in [-0.15, -0.1) is 10.2 Å². The van der Waals surface area contributed by atoms with Crippen LogP contribution < -0.4 is 0 Å². The zero-order valence-electron chi connectivity index (χ0n) is 16.1. The van der Waals surface area contributed by atoms with Crippen LogP contribution in [0.5, 0.6) is 0 Å². The van der Waals surface area contributed by atoms with Gasteiger partial charge < -0.3 is 13.9 Å². The lowest BCUT2D eigenvalue weighted by atomic mass is 10.0. The number of alkyl halides is 1. The zero-order valence-corrected chi connectivity index (χ0v) is 16.1. The highest BCUT2D eigenvalue weighted by Gasteiger charge is 2.51. The lowest BCUT2D eigenvalue weighted by Crippen LogP contribution is -2.50. The molecule has 1 aromatic heterocycles. The summed E-state index contributed by atoms with van der Waals surface area (Å²) < 4.78 is 30.6. The third-order valence-electron chi connectivity index (χ3n) is 4.27. The summed E-state index contributed by atoms with van der Waals surface area (Å²) in [6, 6.07) is 6.42. The molecule has 1 fully saturated rings. The highest BCUT2D eigenvalue weighted by atomic mass is 19.1. The minimum atomic E-state index is -1.01. The molecule has 0 radical (unpaired) electrons. The van der Waals surface area contributed by atoms with Crippen LogP contribution in [0.15, 0.2) is 35.1 Å². The quantitative estimate of drug-likeness (QED) is 0.801. The topological polar surface area (TPSA) is 77.7 Å². The second-order valence-electron chi connectivity index (χ2n) is 7.92. The summed E-state index contributed by atoms with van der Waals surface area (Å²) in [5.41, 5.74) is -0.193. The van der Waals surface area contributed by atoms with Gasteiger partial charge in [-0.25, -0.2) is 9.18 Å². The van der Waals surface area contributed by atoms with Crippen molar-refractivity contribution in [3.8, 4) is 11.5 Å². The number of benzene rings is 1. The molecule has 2 unspecified atom stereocenters. The molecule has 0 bridgehead atoms. The van der Waals surface area contributed by atoms with E-state index in [4.69, 9.17) is 13.9 Å². The molecule has 2 atom stereocenters. The van der Waals surface area contributed by atoms with Gasteiger partial charge in [-0.3, -0.25) is 4.90 Å². The maximum Gasteiger partial charge on any atom is 0.413 e. The fourth-order valence-corrected chi connectivity index (χ4v) is 3.20. The van der Waals surface area contributed by atoms with Gasteiger partial charge in [0.2, 0.25) is 12.3 Å². The summed E-state index contributed by atoms with van der Waals surface area (Å²) in [7, 11) is 0. The van der Waals surface area contributed by atoms with Gasteiger partial charge in [0.15, 0.2) is 0 Å². The van der Waals surface area contributed by atoms with Crippen molar-refractivity contribution in [1.29, 1.82) is 0 Å². The summed E-state index contributed by atoms with van der Waals surface area (Å²) in [6.07, 6.45) is 0.0401. The van der Waals surface area contributed by atoms with Crippen LogP contribution in [0.25, 0.3) is 11.5 Å². The number of carbonyl (C=O) groups excluding carboxylic acids is 1. The predicted octanol–water partition coefficient (Wildman–Crippen LogP) is 4.12. The van der Waals surface area contributed by atoms with Crippen LogP contribution in [0.4, 0.5) is 9.18 Å². The lowest BCUT2D eigenvalue weighted by Gasteiger charge is -2.34. The second kappa shape index (κ2) is 6.92. The van der Waals surface area contributed by atoms with Gasteiger partial charge in [0.05, 0.1) is 6.04 Å². The third-order valence-corrected chi connectivity index (χ3v) is 4.27. The molecule has 1 aliphatic rings. The van der Waals surface area contributed by atoms with Crippen LogP contribution in [-0.2, 0) is 9.47 Å². The van der Waals surface area contributed by atoms with Crippen LogP contribution in [0, 0.1) is 0 Å². The molecule has 7 nitrogen and oxygen atoms in total. The van der Waals surface area contributed by atoms with Crippen molar-refractivity contribution in [2.75, 3.05) is 6.67 Å². The van der Waals surface area contributed by atoms with Gasteiger partial charge in [0, 0.05) is 5.56 Å². The van der Waals surface area contributed by atoms with E-state index in [0.29, 0.717) is 5.89 Å². The number of nitrogens with zero attached hydrogens (tertiary/aromatic N) is 3. The van der Waals surface area contributed by atoms with Crippen LogP contribution in [-0.4, -0.2) is 45.2 Å². The standard InChI is InChI=1S/C19H24FN3O4/c1-18(2,3)27-17(24)23-14(10-20)15(26-19(23,4)5)12-6-8-13(9-7-12)16-22-21-11-25-16/h6-9,11,14-15H,10H2,1-5H3. The highest BCUT2D eigenvalue weighted by molar-refractivity contribution is 5.70. The Balaban J connectivity index is 1.87. The van der Waals surface area contributed by atoms with E-state index in [1.54, 1.807) is 46.8 Å². The fourth-order valence-electron chi connectivity index (χ4n) is 3.20. The first kappa shape index (κ1) is 19.3. The smallest absolute Gasteiger partial charge is 0.413 e. The van der Waals surface area contributed by atoms with Gasteiger partial charge in [-0.1, -0.05) is 12.1 Å². The van der Waals surface area contributed by atoms with E-state index in [1.807, 2.05) is 12.1 Å².